The molecule has 1 aromatic heterocycles. The third kappa shape index (κ3) is 2.13. The van der Waals surface area contributed by atoms with Crippen LogP contribution in [-0.4, -0.2) is 4.57 Å². The summed E-state index contributed by atoms with van der Waals surface area (Å²) in [7, 11) is 0. The second-order valence-corrected chi connectivity index (χ2v) is 4.30. The number of rotatable bonds is 1. The second-order valence-electron chi connectivity index (χ2n) is 3.01. The Hall–Kier alpha value is -1.06. The van der Waals surface area contributed by atoms with Gasteiger partial charge in [0.15, 0.2) is 0 Å². The molecule has 0 amide bonds. The predicted octanol–water partition coefficient (Wildman–Crippen LogP) is 3.25. The van der Waals surface area contributed by atoms with Crippen molar-refractivity contribution in [2.75, 3.05) is 0 Å². The molecule has 4 heteroatoms. The minimum Gasteiger partial charge on any atom is -0.283 e. The minimum absolute atomic E-state index is 0.0835. The van der Waals surface area contributed by atoms with E-state index in [0.29, 0.717) is 9.50 Å². The summed E-state index contributed by atoms with van der Waals surface area (Å²) in [6.07, 6.45) is 1.72. The van der Waals surface area contributed by atoms with E-state index in [0.717, 1.165) is 5.69 Å². The third-order valence-corrected chi connectivity index (χ3v) is 2.86. The van der Waals surface area contributed by atoms with Crippen LogP contribution in [0.15, 0.2) is 51.9 Å². The first-order valence-electron chi connectivity index (χ1n) is 4.31. The van der Waals surface area contributed by atoms with Gasteiger partial charge in [-0.3, -0.25) is 9.36 Å². The molecule has 0 saturated carbocycles. The summed E-state index contributed by atoms with van der Waals surface area (Å²) in [5.41, 5.74) is 0.713. The van der Waals surface area contributed by atoms with Crippen molar-refractivity contribution in [3.63, 3.8) is 0 Å². The summed E-state index contributed by atoms with van der Waals surface area (Å²) >= 11 is 8.97. The predicted molar refractivity (Wildman–Crippen MR) is 64.7 cm³/mol. The first-order chi connectivity index (χ1) is 7.18. The van der Waals surface area contributed by atoms with Crippen LogP contribution < -0.4 is 5.56 Å². The quantitative estimate of drug-likeness (QED) is 0.788. The Kier molecular flexibility index (Phi) is 2.93. The van der Waals surface area contributed by atoms with Gasteiger partial charge in [0.1, 0.15) is 0 Å². The second kappa shape index (κ2) is 4.21. The number of pyridine rings is 1. The van der Waals surface area contributed by atoms with Gasteiger partial charge in [0.05, 0.1) is 4.47 Å². The van der Waals surface area contributed by atoms with Gasteiger partial charge in [-0.15, -0.1) is 0 Å². The van der Waals surface area contributed by atoms with Crippen molar-refractivity contribution in [1.29, 1.82) is 0 Å². The zero-order chi connectivity index (χ0) is 10.8. The van der Waals surface area contributed by atoms with Crippen LogP contribution in [0.5, 0.6) is 0 Å². The lowest BCUT2D eigenvalue weighted by atomic mass is 10.3. The smallest absolute Gasteiger partial charge is 0.269 e. The monoisotopic (exact) mass is 283 g/mol. The molecule has 76 valence electrons. The maximum absolute atomic E-state index is 11.7. The molecule has 0 saturated heterocycles. The number of hydrogen-bond acceptors (Lipinski definition) is 1. The standard InChI is InChI=1S/C11H7BrClNO/c12-10-2-1-7-14(11(10)15)9-5-3-8(13)4-6-9/h1-7H. The Morgan fingerprint density at radius 2 is 1.80 bits per heavy atom. The van der Waals surface area contributed by atoms with E-state index in [4.69, 9.17) is 11.6 Å². The van der Waals surface area contributed by atoms with Gasteiger partial charge in [-0.25, -0.2) is 0 Å². The third-order valence-electron chi connectivity index (χ3n) is 2.01. The van der Waals surface area contributed by atoms with Crippen LogP contribution in [0.4, 0.5) is 0 Å². The Morgan fingerprint density at radius 3 is 2.47 bits per heavy atom. The van der Waals surface area contributed by atoms with Crippen molar-refractivity contribution < 1.29 is 0 Å². The van der Waals surface area contributed by atoms with Gasteiger partial charge in [0.2, 0.25) is 0 Å². The van der Waals surface area contributed by atoms with Crippen molar-refractivity contribution in [1.82, 2.24) is 4.57 Å². The topological polar surface area (TPSA) is 22.0 Å². The van der Waals surface area contributed by atoms with Gasteiger partial charge in [-0.05, 0) is 52.3 Å². The number of benzene rings is 1. The highest BCUT2D eigenvalue weighted by Crippen LogP contribution is 2.12. The van der Waals surface area contributed by atoms with Gasteiger partial charge in [-0.1, -0.05) is 11.6 Å². The van der Waals surface area contributed by atoms with Crippen molar-refractivity contribution in [2.45, 2.75) is 0 Å². The van der Waals surface area contributed by atoms with E-state index in [2.05, 4.69) is 15.9 Å². The Balaban J connectivity index is 2.59. The lowest BCUT2D eigenvalue weighted by Crippen LogP contribution is -2.17. The van der Waals surface area contributed by atoms with Crippen LogP contribution in [0.25, 0.3) is 5.69 Å². The molecule has 0 aliphatic carbocycles. The molecule has 0 spiro atoms. The maximum atomic E-state index is 11.7. The maximum Gasteiger partial charge on any atom is 0.269 e. The lowest BCUT2D eigenvalue weighted by Gasteiger charge is -2.05. The number of nitrogens with zero attached hydrogens (tertiary/aromatic N) is 1. The van der Waals surface area contributed by atoms with Crippen LogP contribution in [-0.2, 0) is 0 Å². The molecule has 0 bridgehead atoms. The largest absolute Gasteiger partial charge is 0.283 e. The zero-order valence-corrected chi connectivity index (χ0v) is 9.99. The normalized spacial score (nSPS) is 10.3. The van der Waals surface area contributed by atoms with Crippen molar-refractivity contribution >= 4 is 27.5 Å². The molecular weight excluding hydrogens is 277 g/mol. The Labute approximate surface area is 100 Å². The fourth-order valence-electron chi connectivity index (χ4n) is 1.27. The molecule has 0 radical (unpaired) electrons. The Morgan fingerprint density at radius 1 is 1.13 bits per heavy atom. The Bertz CT molecular complexity index is 533. The molecule has 2 aromatic rings. The number of hydrogen-bond donors (Lipinski definition) is 0. The molecule has 1 heterocycles. The van der Waals surface area contributed by atoms with E-state index >= 15 is 0 Å². The molecule has 15 heavy (non-hydrogen) atoms. The molecule has 0 aliphatic rings. The lowest BCUT2D eigenvalue weighted by molar-refractivity contribution is 0.980. The van der Waals surface area contributed by atoms with Gasteiger partial charge >= 0.3 is 0 Å². The fourth-order valence-corrected chi connectivity index (χ4v) is 1.74. The highest BCUT2D eigenvalue weighted by molar-refractivity contribution is 9.10. The molecule has 2 rings (SSSR count). The zero-order valence-electron chi connectivity index (χ0n) is 7.65. The molecule has 2 nitrogen and oxygen atoms in total. The first kappa shape index (κ1) is 10.5. The summed E-state index contributed by atoms with van der Waals surface area (Å²) < 4.78 is 2.10. The summed E-state index contributed by atoms with van der Waals surface area (Å²) in [6, 6.07) is 10.6. The van der Waals surface area contributed by atoms with Gasteiger partial charge in [0, 0.05) is 16.9 Å². The van der Waals surface area contributed by atoms with Crippen molar-refractivity contribution in [2.24, 2.45) is 0 Å². The molecule has 0 fully saturated rings. The highest BCUT2D eigenvalue weighted by atomic mass is 79.9. The molecular formula is C11H7BrClNO. The summed E-state index contributed by atoms with van der Waals surface area (Å²) in [5.74, 6) is 0. The van der Waals surface area contributed by atoms with Crippen molar-refractivity contribution in [3.8, 4) is 5.69 Å². The van der Waals surface area contributed by atoms with Crippen LogP contribution in [0.2, 0.25) is 5.02 Å². The van der Waals surface area contributed by atoms with E-state index in [1.165, 1.54) is 0 Å². The van der Waals surface area contributed by atoms with Crippen molar-refractivity contribution in [3.05, 3.63) is 62.4 Å². The molecule has 1 aromatic carbocycles. The van der Waals surface area contributed by atoms with Crippen LogP contribution in [0, 0.1) is 0 Å². The van der Waals surface area contributed by atoms with Gasteiger partial charge in [0.25, 0.3) is 5.56 Å². The molecule has 0 N–H and O–H groups in total. The SMILES string of the molecule is O=c1c(Br)cccn1-c1ccc(Cl)cc1. The van der Waals surface area contributed by atoms with E-state index in [1.54, 1.807) is 47.2 Å². The summed E-state index contributed by atoms with van der Waals surface area (Å²) in [4.78, 5) is 11.7. The average Bonchev–Trinajstić information content (AvgIpc) is 2.24. The first-order valence-corrected chi connectivity index (χ1v) is 5.49. The summed E-state index contributed by atoms with van der Waals surface area (Å²) in [5, 5.41) is 0.654. The molecule has 0 atom stereocenters. The van der Waals surface area contributed by atoms with Crippen LogP contribution in [0.3, 0.4) is 0 Å². The highest BCUT2D eigenvalue weighted by Gasteiger charge is 2.01. The van der Waals surface area contributed by atoms with Crippen LogP contribution in [0.1, 0.15) is 0 Å². The van der Waals surface area contributed by atoms with E-state index in [9.17, 15) is 4.79 Å². The average molecular weight is 285 g/mol. The number of aromatic nitrogens is 1. The minimum atomic E-state index is -0.0835. The van der Waals surface area contributed by atoms with E-state index in [1.807, 2.05) is 0 Å². The van der Waals surface area contributed by atoms with E-state index in [-0.39, 0.29) is 5.56 Å². The molecule has 0 aliphatic heterocycles. The van der Waals surface area contributed by atoms with E-state index < -0.39 is 0 Å². The fraction of sp³-hybridized carbons (Fsp3) is 0. The van der Waals surface area contributed by atoms with Gasteiger partial charge in [-0.2, -0.15) is 0 Å². The van der Waals surface area contributed by atoms with Crippen LogP contribution >= 0.6 is 27.5 Å². The number of halogens is 2. The molecule has 0 unspecified atom stereocenters. The van der Waals surface area contributed by atoms with Gasteiger partial charge < -0.3 is 0 Å². The summed E-state index contributed by atoms with van der Waals surface area (Å²) in [6.45, 7) is 0.